The highest BCUT2D eigenvalue weighted by Crippen LogP contribution is 2.44. The van der Waals surface area contributed by atoms with Crippen molar-refractivity contribution in [1.82, 2.24) is 5.32 Å². The van der Waals surface area contributed by atoms with Crippen LogP contribution in [-0.4, -0.2) is 19.8 Å². The van der Waals surface area contributed by atoms with E-state index in [9.17, 15) is 0 Å². The van der Waals surface area contributed by atoms with Gasteiger partial charge >= 0.3 is 0 Å². The van der Waals surface area contributed by atoms with Crippen molar-refractivity contribution in [3.63, 3.8) is 0 Å². The van der Waals surface area contributed by atoms with Gasteiger partial charge in [0, 0.05) is 12.6 Å². The molecule has 1 aromatic rings. The highest BCUT2D eigenvalue weighted by molar-refractivity contribution is 5.43. The zero-order chi connectivity index (χ0) is 13.2. The third kappa shape index (κ3) is 2.96. The molecule has 1 fully saturated rings. The molecule has 0 aromatic heterocycles. The largest absolute Gasteiger partial charge is 0.493 e. The van der Waals surface area contributed by atoms with E-state index in [4.69, 9.17) is 9.47 Å². The predicted molar refractivity (Wildman–Crippen MR) is 73.2 cm³/mol. The third-order valence-electron chi connectivity index (χ3n) is 3.59. The number of nitrogens with one attached hydrogen (secondary N) is 1. The van der Waals surface area contributed by atoms with Gasteiger partial charge in [-0.05, 0) is 36.5 Å². The van der Waals surface area contributed by atoms with Gasteiger partial charge in [0.2, 0.25) is 0 Å². The Morgan fingerprint density at radius 3 is 2.61 bits per heavy atom. The van der Waals surface area contributed by atoms with Gasteiger partial charge in [0.1, 0.15) is 0 Å². The second kappa shape index (κ2) is 5.19. The van der Waals surface area contributed by atoms with Crippen LogP contribution >= 0.6 is 0 Å². The first-order valence-corrected chi connectivity index (χ1v) is 6.60. The maximum absolute atomic E-state index is 5.58. The Morgan fingerprint density at radius 2 is 2.06 bits per heavy atom. The topological polar surface area (TPSA) is 30.5 Å². The predicted octanol–water partition coefficient (Wildman–Crippen LogP) is 2.98. The molecule has 0 heterocycles. The minimum Gasteiger partial charge on any atom is -0.493 e. The zero-order valence-electron chi connectivity index (χ0n) is 11.7. The Kier molecular flexibility index (Phi) is 3.81. The number of hydrogen-bond donors (Lipinski definition) is 1. The lowest BCUT2D eigenvalue weighted by Gasteiger charge is -2.12. The van der Waals surface area contributed by atoms with Gasteiger partial charge in [-0.15, -0.1) is 0 Å². The van der Waals surface area contributed by atoms with E-state index in [1.54, 1.807) is 7.11 Å². The molecule has 0 aliphatic heterocycles. The molecule has 2 rings (SSSR count). The van der Waals surface area contributed by atoms with Crippen LogP contribution in [0.15, 0.2) is 18.2 Å². The van der Waals surface area contributed by atoms with Crippen LogP contribution in [0.5, 0.6) is 11.5 Å². The highest BCUT2D eigenvalue weighted by Gasteiger charge is 2.44. The minimum absolute atomic E-state index is 0.467. The van der Waals surface area contributed by atoms with E-state index in [1.807, 2.05) is 13.0 Å². The Labute approximate surface area is 109 Å². The Balaban J connectivity index is 1.98. The lowest BCUT2D eigenvalue weighted by molar-refractivity contribution is 0.310. The van der Waals surface area contributed by atoms with E-state index in [-0.39, 0.29) is 0 Å². The first kappa shape index (κ1) is 13.2. The van der Waals surface area contributed by atoms with Gasteiger partial charge < -0.3 is 14.8 Å². The van der Waals surface area contributed by atoms with Crippen molar-refractivity contribution in [2.24, 2.45) is 5.41 Å². The maximum atomic E-state index is 5.58. The standard InChI is InChI=1S/C15H23NO2/c1-5-18-13-8-11(6-7-12(13)17-4)10-16-14-9-15(14,2)3/h6-8,14,16H,5,9-10H2,1-4H3. The second-order valence-electron chi connectivity index (χ2n) is 5.54. The highest BCUT2D eigenvalue weighted by atomic mass is 16.5. The number of rotatable bonds is 6. The van der Waals surface area contributed by atoms with E-state index in [2.05, 4.69) is 31.3 Å². The smallest absolute Gasteiger partial charge is 0.161 e. The molecule has 1 atom stereocenters. The van der Waals surface area contributed by atoms with Gasteiger partial charge in [0.15, 0.2) is 11.5 Å². The van der Waals surface area contributed by atoms with Gasteiger partial charge in [0.05, 0.1) is 13.7 Å². The monoisotopic (exact) mass is 249 g/mol. The van der Waals surface area contributed by atoms with Crippen molar-refractivity contribution in [1.29, 1.82) is 0 Å². The molecule has 1 unspecified atom stereocenters. The summed E-state index contributed by atoms with van der Waals surface area (Å²) in [5.41, 5.74) is 1.71. The normalized spacial score (nSPS) is 20.6. The maximum Gasteiger partial charge on any atom is 0.161 e. The Morgan fingerprint density at radius 1 is 1.33 bits per heavy atom. The van der Waals surface area contributed by atoms with Gasteiger partial charge in [-0.3, -0.25) is 0 Å². The van der Waals surface area contributed by atoms with Gasteiger partial charge in [-0.1, -0.05) is 19.9 Å². The molecule has 1 N–H and O–H groups in total. The van der Waals surface area contributed by atoms with E-state index >= 15 is 0 Å². The number of ether oxygens (including phenoxy) is 2. The van der Waals surface area contributed by atoms with Crippen LogP contribution in [0.4, 0.5) is 0 Å². The van der Waals surface area contributed by atoms with E-state index in [0.717, 1.165) is 18.0 Å². The fourth-order valence-corrected chi connectivity index (χ4v) is 2.16. The second-order valence-corrected chi connectivity index (χ2v) is 5.54. The molecule has 0 radical (unpaired) electrons. The van der Waals surface area contributed by atoms with Crippen molar-refractivity contribution in [2.75, 3.05) is 13.7 Å². The first-order chi connectivity index (χ1) is 8.56. The van der Waals surface area contributed by atoms with Crippen molar-refractivity contribution in [3.05, 3.63) is 23.8 Å². The van der Waals surface area contributed by atoms with Crippen molar-refractivity contribution in [3.8, 4) is 11.5 Å². The van der Waals surface area contributed by atoms with E-state index in [0.29, 0.717) is 18.1 Å². The molecule has 100 valence electrons. The molecule has 1 aliphatic rings. The van der Waals surface area contributed by atoms with Crippen molar-refractivity contribution in [2.45, 2.75) is 39.8 Å². The number of benzene rings is 1. The molecule has 3 nitrogen and oxygen atoms in total. The third-order valence-corrected chi connectivity index (χ3v) is 3.59. The van der Waals surface area contributed by atoms with Gasteiger partial charge in [0.25, 0.3) is 0 Å². The zero-order valence-corrected chi connectivity index (χ0v) is 11.7. The SMILES string of the molecule is CCOc1cc(CNC2CC2(C)C)ccc1OC. The van der Waals surface area contributed by atoms with Crippen LogP contribution in [0.1, 0.15) is 32.8 Å². The summed E-state index contributed by atoms with van der Waals surface area (Å²) in [7, 11) is 1.67. The average Bonchev–Trinajstić information content (AvgIpc) is 2.95. The van der Waals surface area contributed by atoms with Crippen LogP contribution in [0.2, 0.25) is 0 Å². The lowest BCUT2D eigenvalue weighted by atomic mass is 10.1. The summed E-state index contributed by atoms with van der Waals surface area (Å²) in [4.78, 5) is 0. The molecule has 0 bridgehead atoms. The van der Waals surface area contributed by atoms with Crippen LogP contribution < -0.4 is 14.8 Å². The summed E-state index contributed by atoms with van der Waals surface area (Å²) in [5, 5.41) is 3.57. The molecular formula is C15H23NO2. The lowest BCUT2D eigenvalue weighted by Crippen LogP contribution is -2.19. The molecule has 18 heavy (non-hydrogen) atoms. The molecule has 0 saturated heterocycles. The summed E-state index contributed by atoms with van der Waals surface area (Å²) in [5.74, 6) is 1.63. The summed E-state index contributed by atoms with van der Waals surface area (Å²) in [6.07, 6.45) is 1.27. The Bertz CT molecular complexity index is 415. The molecule has 1 saturated carbocycles. The van der Waals surface area contributed by atoms with E-state index < -0.39 is 0 Å². The molecule has 0 amide bonds. The van der Waals surface area contributed by atoms with Gasteiger partial charge in [-0.25, -0.2) is 0 Å². The van der Waals surface area contributed by atoms with Crippen LogP contribution in [0.25, 0.3) is 0 Å². The summed E-state index contributed by atoms with van der Waals surface area (Å²) in [6.45, 7) is 8.12. The fraction of sp³-hybridized carbons (Fsp3) is 0.600. The summed E-state index contributed by atoms with van der Waals surface area (Å²) < 4.78 is 10.9. The van der Waals surface area contributed by atoms with Crippen molar-refractivity contribution >= 4 is 0 Å². The van der Waals surface area contributed by atoms with Gasteiger partial charge in [-0.2, -0.15) is 0 Å². The first-order valence-electron chi connectivity index (χ1n) is 6.60. The number of methoxy groups -OCH3 is 1. The fourth-order valence-electron chi connectivity index (χ4n) is 2.16. The summed E-state index contributed by atoms with van der Waals surface area (Å²) in [6, 6.07) is 6.77. The Hall–Kier alpha value is -1.22. The van der Waals surface area contributed by atoms with Crippen LogP contribution in [0.3, 0.4) is 0 Å². The average molecular weight is 249 g/mol. The number of hydrogen-bond acceptors (Lipinski definition) is 3. The summed E-state index contributed by atoms with van der Waals surface area (Å²) >= 11 is 0. The molecule has 0 spiro atoms. The van der Waals surface area contributed by atoms with Crippen LogP contribution in [-0.2, 0) is 6.54 Å². The molecule has 3 heteroatoms. The minimum atomic E-state index is 0.467. The molecule has 1 aliphatic carbocycles. The molecular weight excluding hydrogens is 226 g/mol. The molecule has 1 aromatic carbocycles. The van der Waals surface area contributed by atoms with Crippen molar-refractivity contribution < 1.29 is 9.47 Å². The van der Waals surface area contributed by atoms with Crippen LogP contribution in [0, 0.1) is 5.41 Å². The van der Waals surface area contributed by atoms with E-state index in [1.165, 1.54) is 12.0 Å². The quantitative estimate of drug-likeness (QED) is 0.840.